The minimum absolute atomic E-state index is 0. The first kappa shape index (κ1) is 20.0. The lowest BCUT2D eigenvalue weighted by Gasteiger charge is -2.38. The highest BCUT2D eigenvalue weighted by Gasteiger charge is 2.45. The number of amides is 1. The topological polar surface area (TPSA) is 59.0 Å². The van der Waals surface area contributed by atoms with Crippen molar-refractivity contribution < 1.29 is 18.0 Å². The fourth-order valence-electron chi connectivity index (χ4n) is 3.81. The Balaban J connectivity index is 0.00000225. The molecule has 1 saturated carbocycles. The molecule has 2 N–H and O–H groups in total. The number of aromatic nitrogens is 2. The maximum atomic E-state index is 12.9. The van der Waals surface area contributed by atoms with E-state index in [-0.39, 0.29) is 37.2 Å². The molecule has 0 atom stereocenters. The molecule has 0 unspecified atom stereocenters. The van der Waals surface area contributed by atoms with Crippen LogP contribution in [-0.2, 0) is 10.3 Å². The van der Waals surface area contributed by atoms with Crippen LogP contribution in [0.5, 0.6) is 0 Å². The van der Waals surface area contributed by atoms with Gasteiger partial charge in [0, 0.05) is 18.4 Å². The highest BCUT2D eigenvalue weighted by Crippen LogP contribution is 2.38. The third-order valence-corrected chi connectivity index (χ3v) is 5.32. The van der Waals surface area contributed by atoms with Gasteiger partial charge in [-0.05, 0) is 57.7 Å². The van der Waals surface area contributed by atoms with Gasteiger partial charge in [0.2, 0.25) is 5.91 Å². The summed E-state index contributed by atoms with van der Waals surface area (Å²) >= 11 is 0. The first-order chi connectivity index (χ1) is 11.4. The van der Waals surface area contributed by atoms with Gasteiger partial charge in [-0.3, -0.25) is 9.48 Å². The molecule has 1 aliphatic carbocycles. The van der Waals surface area contributed by atoms with Crippen LogP contribution >= 0.6 is 12.4 Å². The Kier molecular flexibility index (Phi) is 6.37. The Morgan fingerprint density at radius 2 is 1.84 bits per heavy atom. The van der Waals surface area contributed by atoms with E-state index in [9.17, 15) is 18.0 Å². The molecular weight excluding hydrogens is 357 g/mol. The molecule has 25 heavy (non-hydrogen) atoms. The quantitative estimate of drug-likeness (QED) is 0.847. The Hall–Kier alpha value is -1.28. The van der Waals surface area contributed by atoms with Crippen molar-refractivity contribution in [2.75, 3.05) is 13.1 Å². The van der Waals surface area contributed by atoms with Crippen molar-refractivity contribution in [3.05, 3.63) is 18.5 Å². The molecule has 142 valence electrons. The first-order valence-electron chi connectivity index (χ1n) is 8.50. The first-order valence-corrected chi connectivity index (χ1v) is 8.50. The second kappa shape index (κ2) is 7.95. The predicted molar refractivity (Wildman–Crippen MR) is 89.5 cm³/mol. The average Bonchev–Trinajstić information content (AvgIpc) is 3.10. The number of rotatable bonds is 3. The standard InChI is InChI=1S/C16H23F3N4O.ClH/c17-16(18,19)12-2-4-13(5-3-12)22-14(24)15(6-9-20-10-7-15)23-11-1-8-21-23;/h1,8,11-13,20H,2-7,9-10H2,(H,22,24);1H. The fourth-order valence-corrected chi connectivity index (χ4v) is 3.81. The monoisotopic (exact) mass is 380 g/mol. The SMILES string of the molecule is Cl.O=C(NC1CCC(C(F)(F)F)CC1)C1(n2cccn2)CCNCC1. The van der Waals surface area contributed by atoms with Gasteiger partial charge in [-0.15, -0.1) is 12.4 Å². The Bertz CT molecular complexity index is 550. The van der Waals surface area contributed by atoms with Gasteiger partial charge in [0.1, 0.15) is 5.54 Å². The van der Waals surface area contributed by atoms with E-state index >= 15 is 0 Å². The normalized spacial score (nSPS) is 26.5. The zero-order valence-corrected chi connectivity index (χ0v) is 14.7. The second-order valence-electron chi connectivity index (χ2n) is 6.80. The maximum Gasteiger partial charge on any atom is 0.391 e. The van der Waals surface area contributed by atoms with Crippen molar-refractivity contribution >= 4 is 18.3 Å². The predicted octanol–water partition coefficient (Wildman–Crippen LogP) is 2.62. The van der Waals surface area contributed by atoms with Gasteiger partial charge in [0.05, 0.1) is 5.92 Å². The Morgan fingerprint density at radius 3 is 2.36 bits per heavy atom. The smallest absolute Gasteiger partial charge is 0.351 e. The molecule has 1 aromatic heterocycles. The van der Waals surface area contributed by atoms with Gasteiger partial charge < -0.3 is 10.6 Å². The highest BCUT2D eigenvalue weighted by atomic mass is 35.5. The third-order valence-electron chi connectivity index (χ3n) is 5.32. The van der Waals surface area contributed by atoms with Gasteiger partial charge in [0.25, 0.3) is 0 Å². The summed E-state index contributed by atoms with van der Waals surface area (Å²) in [5.41, 5.74) is -0.740. The molecule has 5 nitrogen and oxygen atoms in total. The summed E-state index contributed by atoms with van der Waals surface area (Å²) in [6, 6.07) is 1.60. The van der Waals surface area contributed by atoms with Gasteiger partial charge in [0.15, 0.2) is 0 Å². The summed E-state index contributed by atoms with van der Waals surface area (Å²) in [6.45, 7) is 1.43. The van der Waals surface area contributed by atoms with E-state index in [1.54, 1.807) is 23.1 Å². The third kappa shape index (κ3) is 4.28. The van der Waals surface area contributed by atoms with Crippen LogP contribution in [0.3, 0.4) is 0 Å². The van der Waals surface area contributed by atoms with Crippen molar-refractivity contribution in [3.8, 4) is 0 Å². The molecule has 1 saturated heterocycles. The molecule has 0 radical (unpaired) electrons. The highest BCUT2D eigenvalue weighted by molar-refractivity contribution is 5.85. The van der Waals surface area contributed by atoms with E-state index in [0.29, 0.717) is 38.8 Å². The molecule has 1 aliphatic heterocycles. The minimum atomic E-state index is -4.12. The molecule has 3 rings (SSSR count). The molecule has 1 amide bonds. The number of hydrogen-bond donors (Lipinski definition) is 2. The largest absolute Gasteiger partial charge is 0.391 e. The van der Waals surface area contributed by atoms with Crippen LogP contribution in [0.4, 0.5) is 13.2 Å². The molecule has 2 fully saturated rings. The Morgan fingerprint density at radius 1 is 1.20 bits per heavy atom. The van der Waals surface area contributed by atoms with Crippen molar-refractivity contribution in [1.29, 1.82) is 0 Å². The summed E-state index contributed by atoms with van der Waals surface area (Å²) in [4.78, 5) is 12.9. The zero-order chi connectivity index (χ0) is 17.2. The number of hydrogen-bond acceptors (Lipinski definition) is 3. The lowest BCUT2D eigenvalue weighted by Crippen LogP contribution is -2.56. The van der Waals surface area contributed by atoms with Crippen molar-refractivity contribution in [2.45, 2.75) is 56.3 Å². The van der Waals surface area contributed by atoms with Crippen LogP contribution in [0.2, 0.25) is 0 Å². The van der Waals surface area contributed by atoms with E-state index in [1.165, 1.54) is 0 Å². The van der Waals surface area contributed by atoms with Gasteiger partial charge in [-0.1, -0.05) is 0 Å². The summed E-state index contributed by atoms with van der Waals surface area (Å²) in [7, 11) is 0. The van der Waals surface area contributed by atoms with E-state index < -0.39 is 17.6 Å². The van der Waals surface area contributed by atoms with Crippen LogP contribution in [0.25, 0.3) is 0 Å². The lowest BCUT2D eigenvalue weighted by molar-refractivity contribution is -0.182. The number of nitrogens with one attached hydrogen (secondary N) is 2. The van der Waals surface area contributed by atoms with Crippen LogP contribution in [-0.4, -0.2) is 41.0 Å². The molecule has 9 heteroatoms. The van der Waals surface area contributed by atoms with Crippen molar-refractivity contribution in [3.63, 3.8) is 0 Å². The number of carbonyl (C=O) groups is 1. The minimum Gasteiger partial charge on any atom is -0.351 e. The van der Waals surface area contributed by atoms with Crippen molar-refractivity contribution in [1.82, 2.24) is 20.4 Å². The van der Waals surface area contributed by atoms with Crippen LogP contribution < -0.4 is 10.6 Å². The van der Waals surface area contributed by atoms with Crippen LogP contribution in [0.1, 0.15) is 38.5 Å². The van der Waals surface area contributed by atoms with Gasteiger partial charge in [-0.25, -0.2) is 0 Å². The van der Waals surface area contributed by atoms with Crippen LogP contribution in [0.15, 0.2) is 18.5 Å². The van der Waals surface area contributed by atoms with E-state index in [0.717, 1.165) is 0 Å². The number of halogens is 4. The maximum absolute atomic E-state index is 12.9. The zero-order valence-electron chi connectivity index (χ0n) is 13.9. The molecule has 0 bridgehead atoms. The molecule has 1 aromatic rings. The lowest BCUT2D eigenvalue weighted by atomic mass is 9.83. The van der Waals surface area contributed by atoms with Crippen molar-refractivity contribution in [2.24, 2.45) is 5.92 Å². The number of carbonyl (C=O) groups excluding carboxylic acids is 1. The van der Waals surface area contributed by atoms with E-state index in [1.807, 2.05) is 0 Å². The van der Waals surface area contributed by atoms with Crippen LogP contribution in [0, 0.1) is 5.92 Å². The molecule has 2 heterocycles. The Labute approximate surface area is 151 Å². The summed E-state index contributed by atoms with van der Waals surface area (Å²) in [5.74, 6) is -1.35. The van der Waals surface area contributed by atoms with E-state index in [4.69, 9.17) is 0 Å². The number of nitrogens with zero attached hydrogens (tertiary/aromatic N) is 2. The van der Waals surface area contributed by atoms with Gasteiger partial charge >= 0.3 is 6.18 Å². The molecule has 0 spiro atoms. The summed E-state index contributed by atoms with van der Waals surface area (Å²) < 4.78 is 40.0. The van der Waals surface area contributed by atoms with E-state index in [2.05, 4.69) is 15.7 Å². The molecule has 0 aromatic carbocycles. The van der Waals surface area contributed by atoms with Gasteiger partial charge in [-0.2, -0.15) is 18.3 Å². The number of alkyl halides is 3. The summed E-state index contributed by atoms with van der Waals surface area (Å²) in [5, 5.41) is 10.5. The second-order valence-corrected chi connectivity index (χ2v) is 6.80. The number of piperidine rings is 1. The average molecular weight is 381 g/mol. The fraction of sp³-hybridized carbons (Fsp3) is 0.750. The summed E-state index contributed by atoms with van der Waals surface area (Å²) in [6.07, 6.45) is 1.48. The molecule has 2 aliphatic rings. The molecular formula is C16H24ClF3N4O.